The van der Waals surface area contributed by atoms with Crippen molar-refractivity contribution in [2.24, 2.45) is 5.92 Å². The Morgan fingerprint density at radius 2 is 2.00 bits per heavy atom. The lowest BCUT2D eigenvalue weighted by Crippen LogP contribution is -2.45. The lowest BCUT2D eigenvalue weighted by atomic mass is 10.2. The van der Waals surface area contributed by atoms with Crippen LogP contribution in [0.4, 0.5) is 10.8 Å². The van der Waals surface area contributed by atoms with Crippen molar-refractivity contribution < 1.29 is 13.2 Å². The number of nitrogens with zero attached hydrogens (tertiary/aromatic N) is 3. The van der Waals surface area contributed by atoms with E-state index in [9.17, 15) is 13.2 Å². The van der Waals surface area contributed by atoms with Gasteiger partial charge in [-0.25, -0.2) is 8.42 Å². The third-order valence-corrected chi connectivity index (χ3v) is 7.54. The van der Waals surface area contributed by atoms with E-state index in [2.05, 4.69) is 29.4 Å². The second-order valence-corrected chi connectivity index (χ2v) is 11.3. The van der Waals surface area contributed by atoms with Crippen molar-refractivity contribution >= 4 is 61.4 Å². The Labute approximate surface area is 178 Å². The average molecular weight is 463 g/mol. The van der Waals surface area contributed by atoms with Crippen LogP contribution >= 0.6 is 34.7 Å². The molecule has 11 heteroatoms. The van der Waals surface area contributed by atoms with Crippen molar-refractivity contribution in [1.29, 1.82) is 0 Å². The van der Waals surface area contributed by atoms with E-state index in [0.717, 1.165) is 20.7 Å². The number of anilines is 2. The molecule has 0 saturated heterocycles. The van der Waals surface area contributed by atoms with Crippen LogP contribution in [0.3, 0.4) is 0 Å². The molecular formula is C17H23ClN4O3S3. The zero-order valence-electron chi connectivity index (χ0n) is 16.3. The molecule has 1 amide bonds. The quantitative estimate of drug-likeness (QED) is 0.470. The SMILES string of the molecule is Cc1ccc(Cl)cc1N([C@@H](C)C(=O)Nc1nnc(SCC(C)C)s1)S(C)(=O)=O. The molecule has 1 N–H and O–H groups in total. The van der Waals surface area contributed by atoms with Gasteiger partial charge in [0.2, 0.25) is 21.1 Å². The molecule has 0 radical (unpaired) electrons. The summed E-state index contributed by atoms with van der Waals surface area (Å²) < 4.78 is 26.7. The van der Waals surface area contributed by atoms with Gasteiger partial charge in [-0.3, -0.25) is 14.4 Å². The molecule has 2 rings (SSSR count). The van der Waals surface area contributed by atoms with Crippen LogP contribution < -0.4 is 9.62 Å². The third-order valence-electron chi connectivity index (χ3n) is 3.67. The van der Waals surface area contributed by atoms with Crippen LogP contribution in [-0.4, -0.2) is 42.6 Å². The van der Waals surface area contributed by atoms with Gasteiger partial charge in [-0.2, -0.15) is 0 Å². The summed E-state index contributed by atoms with van der Waals surface area (Å²) >= 11 is 8.87. The second-order valence-electron chi connectivity index (χ2n) is 6.73. The second kappa shape index (κ2) is 9.43. The minimum atomic E-state index is -3.73. The van der Waals surface area contributed by atoms with Gasteiger partial charge in [0, 0.05) is 10.8 Å². The summed E-state index contributed by atoms with van der Waals surface area (Å²) in [5, 5.41) is 11.4. The third kappa shape index (κ3) is 6.07. The van der Waals surface area contributed by atoms with Crippen molar-refractivity contribution in [3.05, 3.63) is 28.8 Å². The first kappa shape index (κ1) is 22.9. The molecular weight excluding hydrogens is 440 g/mol. The Kier molecular flexibility index (Phi) is 7.72. The Morgan fingerprint density at radius 3 is 2.61 bits per heavy atom. The molecule has 0 bridgehead atoms. The standard InChI is InChI=1S/C17H23ClN4O3S3/c1-10(2)9-26-17-21-20-16(27-17)19-15(23)12(4)22(28(5,24)25)14-8-13(18)7-6-11(14)3/h6-8,10,12H,9H2,1-5H3,(H,19,20,23)/t12-/m0/s1. The zero-order valence-corrected chi connectivity index (χ0v) is 19.5. The summed E-state index contributed by atoms with van der Waals surface area (Å²) in [7, 11) is -3.73. The van der Waals surface area contributed by atoms with E-state index < -0.39 is 22.0 Å². The van der Waals surface area contributed by atoms with Gasteiger partial charge in [-0.1, -0.05) is 54.6 Å². The minimum absolute atomic E-state index is 0.333. The number of hydrogen-bond acceptors (Lipinski definition) is 7. The molecule has 1 aromatic heterocycles. The van der Waals surface area contributed by atoms with Gasteiger partial charge in [-0.15, -0.1) is 10.2 Å². The topological polar surface area (TPSA) is 92.3 Å². The van der Waals surface area contributed by atoms with Crippen LogP contribution in [0.15, 0.2) is 22.5 Å². The molecule has 28 heavy (non-hydrogen) atoms. The molecule has 7 nitrogen and oxygen atoms in total. The number of aryl methyl sites for hydroxylation is 1. The maximum absolute atomic E-state index is 12.7. The monoisotopic (exact) mass is 462 g/mol. The number of halogens is 1. The summed E-state index contributed by atoms with van der Waals surface area (Å²) in [6.07, 6.45) is 1.06. The number of benzene rings is 1. The van der Waals surface area contributed by atoms with Crippen molar-refractivity contribution in [2.75, 3.05) is 21.6 Å². The van der Waals surface area contributed by atoms with Gasteiger partial charge in [0.15, 0.2) is 4.34 Å². The highest BCUT2D eigenvalue weighted by atomic mass is 35.5. The first-order valence-electron chi connectivity index (χ1n) is 8.51. The van der Waals surface area contributed by atoms with Crippen molar-refractivity contribution in [1.82, 2.24) is 10.2 Å². The van der Waals surface area contributed by atoms with Crippen molar-refractivity contribution in [3.63, 3.8) is 0 Å². The molecule has 154 valence electrons. The molecule has 0 aliphatic rings. The fraction of sp³-hybridized carbons (Fsp3) is 0.471. The highest BCUT2D eigenvalue weighted by Gasteiger charge is 2.31. The van der Waals surface area contributed by atoms with Crippen molar-refractivity contribution in [3.8, 4) is 0 Å². The van der Waals surface area contributed by atoms with Gasteiger partial charge >= 0.3 is 0 Å². The number of aromatic nitrogens is 2. The number of carbonyl (C=O) groups is 1. The smallest absolute Gasteiger partial charge is 0.249 e. The van der Waals surface area contributed by atoms with Gasteiger partial charge in [0.1, 0.15) is 6.04 Å². The maximum atomic E-state index is 12.7. The van der Waals surface area contributed by atoms with Gasteiger partial charge in [0.25, 0.3) is 0 Å². The molecule has 0 spiro atoms. The predicted octanol–water partition coefficient (Wildman–Crippen LogP) is 4.04. The highest BCUT2D eigenvalue weighted by Crippen LogP contribution is 2.30. The zero-order chi connectivity index (χ0) is 21.1. The van der Waals surface area contributed by atoms with Crippen molar-refractivity contribution in [2.45, 2.75) is 38.1 Å². The van der Waals surface area contributed by atoms with Crippen LogP contribution in [-0.2, 0) is 14.8 Å². The predicted molar refractivity (Wildman–Crippen MR) is 117 cm³/mol. The molecule has 0 aliphatic heterocycles. The number of nitrogens with one attached hydrogen (secondary N) is 1. The Hall–Kier alpha value is -1.36. The molecule has 1 heterocycles. The van der Waals surface area contributed by atoms with E-state index >= 15 is 0 Å². The van der Waals surface area contributed by atoms with E-state index in [1.54, 1.807) is 30.8 Å². The first-order valence-corrected chi connectivity index (χ1v) is 12.5. The number of hydrogen-bond donors (Lipinski definition) is 1. The Bertz CT molecular complexity index is 947. The van der Waals surface area contributed by atoms with Crippen LogP contribution in [0.25, 0.3) is 0 Å². The van der Waals surface area contributed by atoms with E-state index in [4.69, 9.17) is 11.6 Å². The largest absolute Gasteiger partial charge is 0.299 e. The van der Waals surface area contributed by atoms with Gasteiger partial charge in [-0.05, 0) is 37.5 Å². The molecule has 0 aliphatic carbocycles. The lowest BCUT2D eigenvalue weighted by molar-refractivity contribution is -0.116. The minimum Gasteiger partial charge on any atom is -0.299 e. The first-order chi connectivity index (χ1) is 13.0. The summed E-state index contributed by atoms with van der Waals surface area (Å²) in [5.41, 5.74) is 1.06. The van der Waals surface area contributed by atoms with Crippen LogP contribution in [0.5, 0.6) is 0 Å². The molecule has 2 aromatic rings. The fourth-order valence-corrected chi connectivity index (χ4v) is 5.49. The average Bonchev–Trinajstić information content (AvgIpc) is 3.02. The van der Waals surface area contributed by atoms with E-state index in [1.165, 1.54) is 24.3 Å². The normalized spacial score (nSPS) is 12.8. The number of thioether (sulfide) groups is 1. The number of sulfonamides is 1. The summed E-state index contributed by atoms with van der Waals surface area (Å²) in [6, 6.07) is 3.92. The van der Waals surface area contributed by atoms with E-state index in [0.29, 0.717) is 27.3 Å². The van der Waals surface area contributed by atoms with Gasteiger partial charge < -0.3 is 0 Å². The molecule has 1 aromatic carbocycles. The van der Waals surface area contributed by atoms with Crippen LogP contribution in [0.2, 0.25) is 5.02 Å². The molecule has 1 atom stereocenters. The van der Waals surface area contributed by atoms with Crippen LogP contribution in [0.1, 0.15) is 26.3 Å². The highest BCUT2D eigenvalue weighted by molar-refractivity contribution is 8.01. The van der Waals surface area contributed by atoms with Crippen LogP contribution in [0, 0.1) is 12.8 Å². The Morgan fingerprint density at radius 1 is 1.32 bits per heavy atom. The Balaban J connectivity index is 2.22. The summed E-state index contributed by atoms with van der Waals surface area (Å²) in [5.74, 6) is 0.909. The van der Waals surface area contributed by atoms with Gasteiger partial charge in [0.05, 0.1) is 11.9 Å². The number of carbonyl (C=O) groups excluding carboxylic acids is 1. The fourth-order valence-electron chi connectivity index (χ4n) is 2.37. The molecule has 0 fully saturated rings. The summed E-state index contributed by atoms with van der Waals surface area (Å²) in [6.45, 7) is 7.50. The lowest BCUT2D eigenvalue weighted by Gasteiger charge is -2.29. The summed E-state index contributed by atoms with van der Waals surface area (Å²) in [4.78, 5) is 12.7. The van der Waals surface area contributed by atoms with E-state index in [-0.39, 0.29) is 0 Å². The number of amides is 1. The molecule has 0 unspecified atom stereocenters. The maximum Gasteiger partial charge on any atom is 0.249 e. The van der Waals surface area contributed by atoms with E-state index in [1.807, 2.05) is 0 Å². The number of rotatable bonds is 8. The molecule has 0 saturated carbocycles.